The Morgan fingerprint density at radius 2 is 2.28 bits per heavy atom. The van der Waals surface area contributed by atoms with Crippen molar-refractivity contribution in [3.63, 3.8) is 0 Å². The lowest BCUT2D eigenvalue weighted by molar-refractivity contribution is -0.118. The average molecular weight is 267 g/mol. The summed E-state index contributed by atoms with van der Waals surface area (Å²) in [5.74, 6) is 1.47. The van der Waals surface area contributed by atoms with Crippen LogP contribution in [-0.4, -0.2) is 40.8 Å². The van der Waals surface area contributed by atoms with Gasteiger partial charge in [-0.2, -0.15) is 0 Å². The lowest BCUT2D eigenvalue weighted by Crippen LogP contribution is -2.30. The van der Waals surface area contributed by atoms with Crippen LogP contribution in [-0.2, 0) is 22.1 Å². The molecule has 0 aromatic heterocycles. The van der Waals surface area contributed by atoms with Crippen molar-refractivity contribution in [2.45, 2.75) is 18.4 Å². The molecule has 0 N–H and O–H groups in total. The van der Waals surface area contributed by atoms with E-state index in [1.54, 1.807) is 14.0 Å². The van der Waals surface area contributed by atoms with Crippen molar-refractivity contribution in [3.8, 4) is 5.75 Å². The summed E-state index contributed by atoms with van der Waals surface area (Å²) in [6.45, 7) is 3.32. The molecular formula is C13H17NO3S. The topological polar surface area (TPSA) is 46.6 Å². The van der Waals surface area contributed by atoms with Crippen molar-refractivity contribution in [1.82, 2.24) is 4.90 Å². The highest BCUT2D eigenvalue weighted by atomic mass is 32.2. The first-order chi connectivity index (χ1) is 8.60. The normalized spacial score (nSPS) is 20.0. The number of ketones is 1. The summed E-state index contributed by atoms with van der Waals surface area (Å²) in [4.78, 5) is 14.1. The minimum atomic E-state index is -0.987. The van der Waals surface area contributed by atoms with E-state index in [4.69, 9.17) is 4.74 Å². The molecule has 0 spiro atoms. The van der Waals surface area contributed by atoms with Gasteiger partial charge in [0.25, 0.3) is 0 Å². The second kappa shape index (κ2) is 5.63. The molecule has 0 aliphatic carbocycles. The van der Waals surface area contributed by atoms with Gasteiger partial charge in [0, 0.05) is 23.7 Å². The van der Waals surface area contributed by atoms with Crippen molar-refractivity contribution in [2.75, 3.05) is 26.0 Å². The fraction of sp³-hybridized carbons (Fsp3) is 0.462. The smallest absolute Gasteiger partial charge is 0.143 e. The Morgan fingerprint density at radius 3 is 2.94 bits per heavy atom. The second-order valence-electron chi connectivity index (χ2n) is 4.44. The Kier molecular flexibility index (Phi) is 4.14. The Hall–Kier alpha value is -1.20. The third-order valence-electron chi connectivity index (χ3n) is 2.95. The standard InChI is InChI=1S/C13H17NO3S/c1-10(15)8-14-5-6-18(16)13-4-3-12(17-2)7-11(13)9-14/h3-4,7H,5-6,8-9H2,1-2H3. The predicted molar refractivity (Wildman–Crippen MR) is 70.2 cm³/mol. The zero-order chi connectivity index (χ0) is 13.1. The van der Waals surface area contributed by atoms with Gasteiger partial charge in [-0.25, -0.2) is 0 Å². The highest BCUT2D eigenvalue weighted by Gasteiger charge is 2.20. The van der Waals surface area contributed by atoms with E-state index in [1.807, 2.05) is 23.1 Å². The minimum absolute atomic E-state index is 0.132. The van der Waals surface area contributed by atoms with Crippen LogP contribution in [0.3, 0.4) is 0 Å². The molecular weight excluding hydrogens is 250 g/mol. The van der Waals surface area contributed by atoms with E-state index < -0.39 is 10.8 Å². The molecule has 0 saturated carbocycles. The monoisotopic (exact) mass is 267 g/mol. The number of ether oxygens (including phenoxy) is 1. The number of hydrogen-bond donors (Lipinski definition) is 0. The van der Waals surface area contributed by atoms with Crippen LogP contribution < -0.4 is 4.74 Å². The zero-order valence-corrected chi connectivity index (χ0v) is 11.5. The lowest BCUT2D eigenvalue weighted by Gasteiger charge is -2.18. The maximum Gasteiger partial charge on any atom is 0.143 e. The number of carbonyl (C=O) groups excluding carboxylic acids is 1. The van der Waals surface area contributed by atoms with Crippen LogP contribution in [0.15, 0.2) is 23.1 Å². The van der Waals surface area contributed by atoms with Crippen LogP contribution in [0.4, 0.5) is 0 Å². The van der Waals surface area contributed by atoms with Crippen molar-refractivity contribution in [2.24, 2.45) is 0 Å². The molecule has 1 aliphatic heterocycles. The molecule has 5 heteroatoms. The molecule has 1 unspecified atom stereocenters. The van der Waals surface area contributed by atoms with Crippen molar-refractivity contribution < 1.29 is 13.7 Å². The fourth-order valence-electron chi connectivity index (χ4n) is 2.12. The van der Waals surface area contributed by atoms with E-state index in [9.17, 15) is 9.00 Å². The first-order valence-electron chi connectivity index (χ1n) is 5.87. The number of fused-ring (bicyclic) bond motifs is 1. The summed E-state index contributed by atoms with van der Waals surface area (Å²) in [7, 11) is 0.627. The van der Waals surface area contributed by atoms with Gasteiger partial charge in [-0.15, -0.1) is 0 Å². The third-order valence-corrected chi connectivity index (χ3v) is 4.39. The number of carbonyl (C=O) groups is 1. The maximum atomic E-state index is 12.1. The van der Waals surface area contributed by atoms with Crippen LogP contribution in [0.1, 0.15) is 12.5 Å². The number of hydrogen-bond acceptors (Lipinski definition) is 4. The van der Waals surface area contributed by atoms with Crippen LogP contribution >= 0.6 is 0 Å². The lowest BCUT2D eigenvalue weighted by atomic mass is 10.2. The molecule has 98 valence electrons. The van der Waals surface area contributed by atoms with Crippen LogP contribution in [0, 0.1) is 0 Å². The molecule has 18 heavy (non-hydrogen) atoms. The van der Waals surface area contributed by atoms with Gasteiger partial charge < -0.3 is 4.74 Å². The first kappa shape index (κ1) is 13.2. The summed E-state index contributed by atoms with van der Waals surface area (Å²) in [5.41, 5.74) is 0.992. The van der Waals surface area contributed by atoms with Crippen LogP contribution in [0.5, 0.6) is 5.75 Å². The Bertz CT molecular complexity index is 487. The van der Waals surface area contributed by atoms with Gasteiger partial charge in [-0.3, -0.25) is 13.9 Å². The van der Waals surface area contributed by atoms with Crippen molar-refractivity contribution in [3.05, 3.63) is 23.8 Å². The zero-order valence-electron chi connectivity index (χ0n) is 10.6. The molecule has 0 amide bonds. The van der Waals surface area contributed by atoms with Gasteiger partial charge >= 0.3 is 0 Å². The van der Waals surface area contributed by atoms with Gasteiger partial charge in [0.15, 0.2) is 0 Å². The number of rotatable bonds is 3. The van der Waals surface area contributed by atoms with Crippen molar-refractivity contribution in [1.29, 1.82) is 0 Å². The molecule has 1 atom stereocenters. The summed E-state index contributed by atoms with van der Waals surface area (Å²) < 4.78 is 17.3. The Labute approximate surface area is 109 Å². The van der Waals surface area contributed by atoms with Gasteiger partial charge in [-0.05, 0) is 30.7 Å². The largest absolute Gasteiger partial charge is 0.497 e. The predicted octanol–water partition coefficient (Wildman–Crippen LogP) is 1.21. The van der Waals surface area contributed by atoms with Crippen molar-refractivity contribution >= 4 is 16.6 Å². The molecule has 2 rings (SSSR count). The second-order valence-corrected chi connectivity index (χ2v) is 5.98. The van der Waals surface area contributed by atoms with Crippen LogP contribution in [0.2, 0.25) is 0 Å². The van der Waals surface area contributed by atoms with Gasteiger partial charge in [0.1, 0.15) is 11.5 Å². The summed E-state index contributed by atoms with van der Waals surface area (Å²) >= 11 is 0. The highest BCUT2D eigenvalue weighted by Crippen LogP contribution is 2.24. The Balaban J connectivity index is 2.30. The van der Waals surface area contributed by atoms with Crippen LogP contribution in [0.25, 0.3) is 0 Å². The number of Topliss-reactive ketones (excluding diaryl/α,β-unsaturated/α-hetero) is 1. The number of methoxy groups -OCH3 is 1. The molecule has 1 aromatic carbocycles. The SMILES string of the molecule is COc1ccc2c(c1)CN(CC(C)=O)CCS2=O. The third kappa shape index (κ3) is 2.97. The van der Waals surface area contributed by atoms with E-state index in [0.29, 0.717) is 25.4 Å². The van der Waals surface area contributed by atoms with Gasteiger partial charge in [0.05, 0.1) is 24.5 Å². The molecule has 1 aliphatic rings. The molecule has 4 nitrogen and oxygen atoms in total. The fourth-order valence-corrected chi connectivity index (χ4v) is 3.40. The quantitative estimate of drug-likeness (QED) is 0.826. The van der Waals surface area contributed by atoms with E-state index in [-0.39, 0.29) is 5.78 Å². The minimum Gasteiger partial charge on any atom is -0.497 e. The molecule has 1 aromatic rings. The van der Waals surface area contributed by atoms with E-state index in [1.165, 1.54) is 0 Å². The number of nitrogens with zero attached hydrogens (tertiary/aromatic N) is 1. The first-order valence-corrected chi connectivity index (χ1v) is 7.19. The molecule has 0 radical (unpaired) electrons. The van der Waals surface area contributed by atoms with E-state index in [0.717, 1.165) is 16.2 Å². The summed E-state index contributed by atoms with van der Waals surface area (Å²) in [6, 6.07) is 5.60. The number of benzene rings is 1. The highest BCUT2D eigenvalue weighted by molar-refractivity contribution is 7.85. The molecule has 1 heterocycles. The Morgan fingerprint density at radius 1 is 1.50 bits per heavy atom. The molecule has 0 bridgehead atoms. The maximum absolute atomic E-state index is 12.1. The average Bonchev–Trinajstić information content (AvgIpc) is 2.48. The molecule has 0 saturated heterocycles. The van der Waals surface area contributed by atoms with E-state index in [2.05, 4.69) is 0 Å². The molecule has 0 fully saturated rings. The summed E-state index contributed by atoms with van der Waals surface area (Å²) in [6.07, 6.45) is 0. The summed E-state index contributed by atoms with van der Waals surface area (Å²) in [5, 5.41) is 0. The van der Waals surface area contributed by atoms with Gasteiger partial charge in [-0.1, -0.05) is 0 Å². The van der Waals surface area contributed by atoms with E-state index >= 15 is 0 Å². The van der Waals surface area contributed by atoms with Gasteiger partial charge in [0.2, 0.25) is 0 Å².